The van der Waals surface area contributed by atoms with Crippen molar-refractivity contribution in [2.75, 3.05) is 13.1 Å². The van der Waals surface area contributed by atoms with E-state index in [9.17, 15) is 9.59 Å². The standard InChI is InChI=1S/C15H19N3O4S/c1-10-8-17(9-11(2)21-10)13(19)5-6-18-15(20)22-14(16-18)12-4-3-7-23-12/h3-4,7,10-11H,5-6,8-9H2,1-2H3/t10-,11+. The Morgan fingerprint density at radius 1 is 1.39 bits per heavy atom. The van der Waals surface area contributed by atoms with Crippen molar-refractivity contribution in [3.05, 3.63) is 28.1 Å². The fraction of sp³-hybridized carbons (Fsp3) is 0.533. The number of amides is 1. The van der Waals surface area contributed by atoms with Crippen LogP contribution in [0.15, 0.2) is 26.7 Å². The van der Waals surface area contributed by atoms with E-state index in [-0.39, 0.29) is 31.1 Å². The fourth-order valence-corrected chi connectivity index (χ4v) is 3.33. The lowest BCUT2D eigenvalue weighted by Crippen LogP contribution is -2.48. The van der Waals surface area contributed by atoms with E-state index < -0.39 is 5.76 Å². The fourth-order valence-electron chi connectivity index (χ4n) is 2.69. The Labute approximate surface area is 137 Å². The van der Waals surface area contributed by atoms with Crippen LogP contribution in [0.5, 0.6) is 0 Å². The second-order valence-corrected chi connectivity index (χ2v) is 6.63. The number of hydrogen-bond acceptors (Lipinski definition) is 6. The van der Waals surface area contributed by atoms with Gasteiger partial charge in [0.1, 0.15) is 0 Å². The summed E-state index contributed by atoms with van der Waals surface area (Å²) in [7, 11) is 0. The van der Waals surface area contributed by atoms with Crippen LogP contribution in [0, 0.1) is 0 Å². The van der Waals surface area contributed by atoms with Crippen molar-refractivity contribution in [3.8, 4) is 10.8 Å². The Hall–Kier alpha value is -1.93. The minimum atomic E-state index is -0.537. The molecular formula is C15H19N3O4S. The summed E-state index contributed by atoms with van der Waals surface area (Å²) in [4.78, 5) is 26.7. The van der Waals surface area contributed by atoms with Gasteiger partial charge in [0.15, 0.2) is 0 Å². The molecule has 1 aliphatic heterocycles. The molecule has 0 saturated carbocycles. The van der Waals surface area contributed by atoms with E-state index in [2.05, 4.69) is 5.10 Å². The summed E-state index contributed by atoms with van der Waals surface area (Å²) in [6, 6.07) is 3.70. The summed E-state index contributed by atoms with van der Waals surface area (Å²) in [5.41, 5.74) is 0. The van der Waals surface area contributed by atoms with Crippen LogP contribution < -0.4 is 5.76 Å². The number of aryl methyl sites for hydroxylation is 1. The minimum Gasteiger partial charge on any atom is -0.387 e. The van der Waals surface area contributed by atoms with Gasteiger partial charge in [0.05, 0.1) is 23.6 Å². The molecule has 1 saturated heterocycles. The first-order chi connectivity index (χ1) is 11.0. The third kappa shape index (κ3) is 3.70. The Kier molecular flexibility index (Phi) is 4.63. The average molecular weight is 337 g/mol. The van der Waals surface area contributed by atoms with Crippen molar-refractivity contribution in [1.29, 1.82) is 0 Å². The highest BCUT2D eigenvalue weighted by Gasteiger charge is 2.25. The smallest absolute Gasteiger partial charge is 0.387 e. The molecule has 3 rings (SSSR count). The van der Waals surface area contributed by atoms with E-state index in [1.807, 2.05) is 31.4 Å². The van der Waals surface area contributed by atoms with Crippen LogP contribution in [-0.2, 0) is 16.1 Å². The minimum absolute atomic E-state index is 0.000395. The molecule has 3 heterocycles. The molecule has 8 heteroatoms. The maximum atomic E-state index is 12.3. The van der Waals surface area contributed by atoms with Gasteiger partial charge in [0, 0.05) is 19.5 Å². The first kappa shape index (κ1) is 15.9. The average Bonchev–Trinajstić information content (AvgIpc) is 3.13. The molecule has 0 bridgehead atoms. The molecule has 0 aliphatic carbocycles. The van der Waals surface area contributed by atoms with Gasteiger partial charge in [0.25, 0.3) is 5.89 Å². The summed E-state index contributed by atoms with van der Waals surface area (Å²) in [5, 5.41) is 6.04. The van der Waals surface area contributed by atoms with Gasteiger partial charge < -0.3 is 14.1 Å². The van der Waals surface area contributed by atoms with Crippen LogP contribution in [0.1, 0.15) is 20.3 Å². The number of aromatic nitrogens is 2. The number of carbonyl (C=O) groups is 1. The molecule has 7 nitrogen and oxygen atoms in total. The third-order valence-electron chi connectivity index (χ3n) is 3.65. The molecule has 124 valence electrons. The Morgan fingerprint density at radius 2 is 2.13 bits per heavy atom. The zero-order valence-electron chi connectivity index (χ0n) is 13.1. The number of nitrogens with zero attached hydrogens (tertiary/aromatic N) is 3. The van der Waals surface area contributed by atoms with Gasteiger partial charge in [-0.1, -0.05) is 6.07 Å². The highest BCUT2D eigenvalue weighted by atomic mass is 32.1. The lowest BCUT2D eigenvalue weighted by atomic mass is 10.2. The zero-order chi connectivity index (χ0) is 16.4. The molecule has 2 atom stereocenters. The van der Waals surface area contributed by atoms with Crippen LogP contribution >= 0.6 is 11.3 Å². The van der Waals surface area contributed by atoms with E-state index in [4.69, 9.17) is 9.15 Å². The Morgan fingerprint density at radius 3 is 2.78 bits per heavy atom. The molecule has 2 aromatic rings. The highest BCUT2D eigenvalue weighted by Crippen LogP contribution is 2.21. The van der Waals surface area contributed by atoms with Crippen molar-refractivity contribution in [3.63, 3.8) is 0 Å². The van der Waals surface area contributed by atoms with Crippen molar-refractivity contribution in [2.45, 2.75) is 39.0 Å². The van der Waals surface area contributed by atoms with Crippen molar-refractivity contribution in [1.82, 2.24) is 14.7 Å². The van der Waals surface area contributed by atoms with Gasteiger partial charge >= 0.3 is 5.76 Å². The molecule has 0 spiro atoms. The molecule has 1 fully saturated rings. The molecule has 0 unspecified atom stereocenters. The predicted octanol–water partition coefficient (Wildman–Crippen LogP) is 1.59. The SMILES string of the molecule is C[C@@H]1CN(C(=O)CCn2nc(-c3cccs3)oc2=O)C[C@H](C)O1. The molecular weight excluding hydrogens is 318 g/mol. The molecule has 2 aromatic heterocycles. The maximum Gasteiger partial charge on any atom is 0.437 e. The molecule has 23 heavy (non-hydrogen) atoms. The van der Waals surface area contributed by atoms with Gasteiger partial charge in [0.2, 0.25) is 5.91 Å². The number of morpholine rings is 1. The van der Waals surface area contributed by atoms with Gasteiger partial charge in [-0.15, -0.1) is 16.4 Å². The first-order valence-corrected chi connectivity index (χ1v) is 8.46. The summed E-state index contributed by atoms with van der Waals surface area (Å²) in [6.07, 6.45) is 0.279. The number of hydrogen-bond donors (Lipinski definition) is 0. The summed E-state index contributed by atoms with van der Waals surface area (Å²) < 4.78 is 12.0. The maximum absolute atomic E-state index is 12.3. The van der Waals surface area contributed by atoms with E-state index >= 15 is 0 Å². The topological polar surface area (TPSA) is 77.6 Å². The monoisotopic (exact) mass is 337 g/mol. The van der Waals surface area contributed by atoms with E-state index in [0.29, 0.717) is 19.0 Å². The molecule has 0 aromatic carbocycles. The van der Waals surface area contributed by atoms with Crippen molar-refractivity contribution >= 4 is 17.2 Å². The number of thiophene rings is 1. The lowest BCUT2D eigenvalue weighted by Gasteiger charge is -2.35. The largest absolute Gasteiger partial charge is 0.437 e. The van der Waals surface area contributed by atoms with Gasteiger partial charge in [-0.05, 0) is 25.3 Å². The summed E-state index contributed by atoms with van der Waals surface area (Å²) in [5.74, 6) is -0.240. The van der Waals surface area contributed by atoms with Crippen LogP contribution in [-0.4, -0.2) is 45.9 Å². The molecule has 1 amide bonds. The first-order valence-electron chi connectivity index (χ1n) is 7.58. The van der Waals surface area contributed by atoms with Gasteiger partial charge in [-0.25, -0.2) is 4.79 Å². The van der Waals surface area contributed by atoms with Gasteiger partial charge in [-0.2, -0.15) is 4.68 Å². The summed E-state index contributed by atoms with van der Waals surface area (Å²) >= 11 is 1.45. The Bertz CT molecular complexity index is 711. The quantitative estimate of drug-likeness (QED) is 0.847. The van der Waals surface area contributed by atoms with E-state index in [1.54, 1.807) is 4.90 Å². The summed E-state index contributed by atoms with van der Waals surface area (Å²) in [6.45, 7) is 5.28. The van der Waals surface area contributed by atoms with E-state index in [0.717, 1.165) is 4.88 Å². The van der Waals surface area contributed by atoms with Crippen molar-refractivity contribution in [2.24, 2.45) is 0 Å². The van der Waals surface area contributed by atoms with Crippen LogP contribution in [0.25, 0.3) is 10.8 Å². The lowest BCUT2D eigenvalue weighted by molar-refractivity contribution is -0.143. The molecule has 0 radical (unpaired) electrons. The van der Waals surface area contributed by atoms with Crippen LogP contribution in [0.4, 0.5) is 0 Å². The van der Waals surface area contributed by atoms with Crippen molar-refractivity contribution < 1.29 is 13.9 Å². The molecule has 0 N–H and O–H groups in total. The molecule has 1 aliphatic rings. The van der Waals surface area contributed by atoms with Crippen LogP contribution in [0.3, 0.4) is 0 Å². The second-order valence-electron chi connectivity index (χ2n) is 5.68. The zero-order valence-corrected chi connectivity index (χ0v) is 13.9. The van der Waals surface area contributed by atoms with E-state index in [1.165, 1.54) is 16.0 Å². The number of carbonyl (C=O) groups excluding carboxylic acids is 1. The Balaban J connectivity index is 1.62. The van der Waals surface area contributed by atoms with Crippen LogP contribution in [0.2, 0.25) is 0 Å². The second kappa shape index (κ2) is 6.67. The number of rotatable bonds is 4. The number of ether oxygens (including phenoxy) is 1. The highest BCUT2D eigenvalue weighted by molar-refractivity contribution is 7.13. The van der Waals surface area contributed by atoms with Gasteiger partial charge in [-0.3, -0.25) is 4.79 Å². The normalized spacial score (nSPS) is 21.6. The predicted molar refractivity (Wildman–Crippen MR) is 85.3 cm³/mol. The third-order valence-corrected chi connectivity index (χ3v) is 4.51.